The molecule has 0 bridgehead atoms. The summed E-state index contributed by atoms with van der Waals surface area (Å²) in [5.74, 6) is -1.44. The molecule has 7 heteroatoms. The van der Waals surface area contributed by atoms with Crippen molar-refractivity contribution in [2.24, 2.45) is 5.92 Å². The Labute approximate surface area is 133 Å². The van der Waals surface area contributed by atoms with E-state index in [1.165, 1.54) is 26.0 Å². The number of thioether (sulfide) groups is 1. The van der Waals surface area contributed by atoms with Gasteiger partial charge in [0, 0.05) is 11.8 Å². The normalized spacial score (nSPS) is 12.7. The van der Waals surface area contributed by atoms with Gasteiger partial charge in [0.25, 0.3) is 0 Å². The molecule has 1 rings (SSSR count). The van der Waals surface area contributed by atoms with Crippen LogP contribution in [0.5, 0.6) is 11.5 Å². The van der Waals surface area contributed by atoms with Crippen molar-refractivity contribution >= 4 is 29.1 Å². The molecular weight excluding hydrogens is 304 g/mol. The Morgan fingerprint density at radius 2 is 1.91 bits per heavy atom. The van der Waals surface area contributed by atoms with Crippen LogP contribution in [0.15, 0.2) is 18.2 Å². The fourth-order valence-corrected chi connectivity index (χ4v) is 2.10. The van der Waals surface area contributed by atoms with Gasteiger partial charge >= 0.3 is 0 Å². The number of ether oxygens (including phenoxy) is 2. The van der Waals surface area contributed by atoms with Gasteiger partial charge in [-0.05, 0) is 25.3 Å². The number of carbonyl (C=O) groups excluding carboxylic acids is 2. The Hall–Kier alpha value is -2.20. The molecule has 1 amide bonds. The van der Waals surface area contributed by atoms with Crippen molar-refractivity contribution in [3.8, 4) is 17.6 Å². The second-order valence-corrected chi connectivity index (χ2v) is 5.58. The van der Waals surface area contributed by atoms with Crippen LogP contribution in [0.3, 0.4) is 0 Å². The Bertz CT molecular complexity index is 598. The van der Waals surface area contributed by atoms with Crippen molar-refractivity contribution in [1.82, 2.24) is 0 Å². The zero-order valence-corrected chi connectivity index (χ0v) is 13.7. The van der Waals surface area contributed by atoms with E-state index in [-0.39, 0.29) is 0 Å². The van der Waals surface area contributed by atoms with Gasteiger partial charge in [-0.1, -0.05) is 0 Å². The highest BCUT2D eigenvalue weighted by atomic mass is 32.2. The van der Waals surface area contributed by atoms with Crippen molar-refractivity contribution in [2.75, 3.05) is 25.8 Å². The largest absolute Gasteiger partial charge is 0.493 e. The molecule has 1 N–H and O–H groups in total. The highest BCUT2D eigenvalue weighted by molar-refractivity contribution is 7.99. The first-order valence-corrected chi connectivity index (χ1v) is 7.76. The fraction of sp³-hybridized carbons (Fsp3) is 0.400. The number of nitriles is 1. The van der Waals surface area contributed by atoms with Gasteiger partial charge in [-0.2, -0.15) is 17.0 Å². The second kappa shape index (κ2) is 8.29. The number of ketones is 1. The van der Waals surface area contributed by atoms with Gasteiger partial charge in [0.2, 0.25) is 5.91 Å². The molecule has 1 aromatic carbocycles. The van der Waals surface area contributed by atoms with Gasteiger partial charge < -0.3 is 14.8 Å². The predicted octanol–water partition coefficient (Wildman–Crippen LogP) is 2.10. The van der Waals surface area contributed by atoms with Gasteiger partial charge in [-0.15, -0.1) is 0 Å². The third-order valence-electron chi connectivity index (χ3n) is 3.08. The molecule has 0 spiro atoms. The fourth-order valence-electron chi connectivity index (χ4n) is 1.73. The number of hydrogen-bond acceptors (Lipinski definition) is 6. The van der Waals surface area contributed by atoms with Crippen molar-refractivity contribution < 1.29 is 19.1 Å². The summed E-state index contributed by atoms with van der Waals surface area (Å²) < 4.78 is 10.2. The van der Waals surface area contributed by atoms with E-state index in [4.69, 9.17) is 14.7 Å². The Morgan fingerprint density at radius 1 is 1.27 bits per heavy atom. The maximum Gasteiger partial charge on any atom is 0.249 e. The molecule has 6 nitrogen and oxygen atoms in total. The molecule has 0 saturated heterocycles. The SMILES string of the molecule is COc1ccc(NC(=O)C(C#N)C(=O)C(C)SC)cc1OC. The molecule has 2 atom stereocenters. The minimum Gasteiger partial charge on any atom is -0.493 e. The first-order chi connectivity index (χ1) is 10.5. The van der Waals surface area contributed by atoms with Gasteiger partial charge in [0.05, 0.1) is 25.5 Å². The highest BCUT2D eigenvalue weighted by Crippen LogP contribution is 2.30. The third-order valence-corrected chi connectivity index (χ3v) is 4.02. The third kappa shape index (κ3) is 4.15. The Kier molecular flexibility index (Phi) is 6.73. The summed E-state index contributed by atoms with van der Waals surface area (Å²) >= 11 is 1.29. The molecular formula is C15H18N2O4S. The minimum atomic E-state index is -1.34. The van der Waals surface area contributed by atoms with Crippen LogP contribution in [0.25, 0.3) is 0 Å². The predicted molar refractivity (Wildman–Crippen MR) is 85.3 cm³/mol. The summed E-state index contributed by atoms with van der Waals surface area (Å²) in [4.78, 5) is 24.1. The van der Waals surface area contributed by atoms with Crippen molar-refractivity contribution in [1.29, 1.82) is 5.26 Å². The van der Waals surface area contributed by atoms with E-state index < -0.39 is 22.9 Å². The summed E-state index contributed by atoms with van der Waals surface area (Å²) in [6.45, 7) is 1.67. The number of benzene rings is 1. The number of nitrogens with zero attached hydrogens (tertiary/aromatic N) is 1. The summed E-state index contributed by atoms with van der Waals surface area (Å²) in [5, 5.41) is 11.2. The molecule has 0 fully saturated rings. The quantitative estimate of drug-likeness (QED) is 0.773. The number of anilines is 1. The number of rotatable bonds is 7. The second-order valence-electron chi connectivity index (χ2n) is 4.40. The lowest BCUT2D eigenvalue weighted by Crippen LogP contribution is -2.33. The standard InChI is InChI=1S/C15H18N2O4S/c1-9(22-4)14(18)11(8-16)15(19)17-10-5-6-12(20-2)13(7-10)21-3/h5-7,9,11H,1-4H3,(H,17,19). The summed E-state index contributed by atoms with van der Waals surface area (Å²) in [6, 6.07) is 6.55. The van der Waals surface area contributed by atoms with E-state index in [1.54, 1.807) is 37.4 Å². The molecule has 0 aliphatic carbocycles. The molecule has 118 valence electrons. The first kappa shape index (κ1) is 17.9. The maximum absolute atomic E-state index is 12.1. The number of hydrogen-bond donors (Lipinski definition) is 1. The Morgan fingerprint density at radius 3 is 2.41 bits per heavy atom. The van der Waals surface area contributed by atoms with E-state index in [0.717, 1.165) is 0 Å². The van der Waals surface area contributed by atoms with Crippen LogP contribution in [0.1, 0.15) is 6.92 Å². The van der Waals surface area contributed by atoms with E-state index in [9.17, 15) is 9.59 Å². The van der Waals surface area contributed by atoms with Crippen LogP contribution in [-0.4, -0.2) is 37.4 Å². The number of methoxy groups -OCH3 is 2. The van der Waals surface area contributed by atoms with E-state index in [2.05, 4.69) is 5.32 Å². The number of Topliss-reactive ketones (excluding diaryl/α,β-unsaturated/α-hetero) is 1. The Balaban J connectivity index is 2.92. The summed E-state index contributed by atoms with van der Waals surface area (Å²) in [6.07, 6.45) is 1.75. The first-order valence-electron chi connectivity index (χ1n) is 6.47. The molecule has 0 heterocycles. The summed E-state index contributed by atoms with van der Waals surface area (Å²) in [7, 11) is 2.98. The van der Waals surface area contributed by atoms with Crippen molar-refractivity contribution in [3.63, 3.8) is 0 Å². The number of nitrogens with one attached hydrogen (secondary N) is 1. The van der Waals surface area contributed by atoms with Crippen LogP contribution in [-0.2, 0) is 9.59 Å². The minimum absolute atomic E-state index is 0.409. The molecule has 2 unspecified atom stereocenters. The molecule has 0 aliphatic rings. The number of carbonyl (C=O) groups is 2. The molecule has 1 aromatic rings. The maximum atomic E-state index is 12.1. The summed E-state index contributed by atoms with van der Waals surface area (Å²) in [5.41, 5.74) is 0.424. The lowest BCUT2D eigenvalue weighted by Gasteiger charge is -2.14. The van der Waals surface area contributed by atoms with Crippen molar-refractivity contribution in [2.45, 2.75) is 12.2 Å². The lowest BCUT2D eigenvalue weighted by atomic mass is 10.0. The zero-order valence-electron chi connectivity index (χ0n) is 12.9. The molecule has 0 saturated carbocycles. The van der Waals surface area contributed by atoms with Crippen LogP contribution in [0, 0.1) is 17.2 Å². The van der Waals surface area contributed by atoms with Crippen LogP contribution in [0.2, 0.25) is 0 Å². The van der Waals surface area contributed by atoms with Crippen LogP contribution >= 0.6 is 11.8 Å². The highest BCUT2D eigenvalue weighted by Gasteiger charge is 2.30. The van der Waals surface area contributed by atoms with Crippen LogP contribution in [0.4, 0.5) is 5.69 Å². The van der Waals surface area contributed by atoms with E-state index in [0.29, 0.717) is 17.2 Å². The van der Waals surface area contributed by atoms with E-state index >= 15 is 0 Å². The molecule has 0 radical (unpaired) electrons. The lowest BCUT2D eigenvalue weighted by molar-refractivity contribution is -0.128. The van der Waals surface area contributed by atoms with Crippen LogP contribution < -0.4 is 14.8 Å². The molecule has 0 aromatic heterocycles. The number of amides is 1. The average molecular weight is 322 g/mol. The monoisotopic (exact) mass is 322 g/mol. The molecule has 0 aliphatic heterocycles. The smallest absolute Gasteiger partial charge is 0.249 e. The topological polar surface area (TPSA) is 88.4 Å². The molecule has 22 heavy (non-hydrogen) atoms. The van der Waals surface area contributed by atoms with Gasteiger partial charge in [0.1, 0.15) is 0 Å². The average Bonchev–Trinajstić information content (AvgIpc) is 2.54. The zero-order chi connectivity index (χ0) is 16.7. The van der Waals surface area contributed by atoms with Gasteiger partial charge in [0.15, 0.2) is 23.2 Å². The van der Waals surface area contributed by atoms with Crippen molar-refractivity contribution in [3.05, 3.63) is 18.2 Å². The van der Waals surface area contributed by atoms with Gasteiger partial charge in [-0.25, -0.2) is 0 Å². The van der Waals surface area contributed by atoms with E-state index in [1.807, 2.05) is 0 Å². The van der Waals surface area contributed by atoms with Gasteiger partial charge in [-0.3, -0.25) is 9.59 Å².